The predicted molar refractivity (Wildman–Crippen MR) is 134 cm³/mol. The minimum atomic E-state index is -0.596. The van der Waals surface area contributed by atoms with Crippen LogP contribution in [0, 0.1) is 0 Å². The van der Waals surface area contributed by atoms with Gasteiger partial charge in [0.25, 0.3) is 0 Å². The smallest absolute Gasteiger partial charge is 0.344 e. The lowest BCUT2D eigenvalue weighted by molar-refractivity contribution is -0.163. The van der Waals surface area contributed by atoms with Gasteiger partial charge in [-0.25, -0.2) is 9.59 Å². The first-order valence-electron chi connectivity index (χ1n) is 11.6. The van der Waals surface area contributed by atoms with Gasteiger partial charge in [0.2, 0.25) is 0 Å². The van der Waals surface area contributed by atoms with Crippen molar-refractivity contribution in [1.82, 2.24) is 0 Å². The first kappa shape index (κ1) is 26.6. The summed E-state index contributed by atoms with van der Waals surface area (Å²) < 4.78 is 28.2. The van der Waals surface area contributed by atoms with Crippen molar-refractivity contribution in [3.63, 3.8) is 0 Å². The Labute approximate surface area is 207 Å². The van der Waals surface area contributed by atoms with Crippen molar-refractivity contribution < 1.29 is 33.3 Å². The van der Waals surface area contributed by atoms with Crippen LogP contribution in [0.3, 0.4) is 0 Å². The van der Waals surface area contributed by atoms with Gasteiger partial charge in [0.1, 0.15) is 25.1 Å². The molecule has 188 valence electrons. The number of carbonyl (C=O) groups excluding carboxylic acids is 2. The second-order valence-electron chi connectivity index (χ2n) is 7.74. The third-order valence-corrected chi connectivity index (χ3v) is 6.18. The van der Waals surface area contributed by atoms with Gasteiger partial charge >= 0.3 is 11.9 Å². The number of hydrogen-bond donors (Lipinski definition) is 0. The largest absolute Gasteiger partial charge is 0.482 e. The van der Waals surface area contributed by atoms with Crippen molar-refractivity contribution in [1.29, 1.82) is 0 Å². The SMILES string of the molecule is CCCOCCOCC(=O)OCC(CC)OC(=O)COc1ccc2sc3ccccc3c(=O)c2c1. The van der Waals surface area contributed by atoms with E-state index in [2.05, 4.69) is 0 Å². The fourth-order valence-corrected chi connectivity index (χ4v) is 4.27. The molecule has 0 aliphatic heterocycles. The van der Waals surface area contributed by atoms with E-state index in [0.717, 1.165) is 15.8 Å². The Kier molecular flexibility index (Phi) is 10.5. The highest BCUT2D eigenvalue weighted by atomic mass is 32.1. The normalized spacial score (nSPS) is 11.9. The average molecular weight is 503 g/mol. The average Bonchev–Trinajstić information content (AvgIpc) is 2.87. The zero-order chi connectivity index (χ0) is 25.0. The lowest BCUT2D eigenvalue weighted by atomic mass is 10.2. The molecule has 8 nitrogen and oxygen atoms in total. The van der Waals surface area contributed by atoms with Crippen LogP contribution in [0.15, 0.2) is 47.3 Å². The molecule has 0 saturated heterocycles. The lowest BCUT2D eigenvalue weighted by Gasteiger charge is -2.16. The van der Waals surface area contributed by atoms with E-state index < -0.39 is 18.0 Å². The fourth-order valence-electron chi connectivity index (χ4n) is 3.22. The second kappa shape index (κ2) is 13.8. The highest BCUT2D eigenvalue weighted by molar-refractivity contribution is 7.24. The molecule has 0 amide bonds. The maximum atomic E-state index is 12.8. The molecule has 0 N–H and O–H groups in total. The molecule has 2 aromatic carbocycles. The first-order valence-corrected chi connectivity index (χ1v) is 12.4. The second-order valence-corrected chi connectivity index (χ2v) is 8.83. The van der Waals surface area contributed by atoms with E-state index in [9.17, 15) is 14.4 Å². The quantitative estimate of drug-likeness (QED) is 0.185. The summed E-state index contributed by atoms with van der Waals surface area (Å²) in [6.07, 6.45) is 0.793. The molecule has 3 aromatic rings. The summed E-state index contributed by atoms with van der Waals surface area (Å²) in [7, 11) is 0. The number of hydrogen-bond acceptors (Lipinski definition) is 9. The van der Waals surface area contributed by atoms with Crippen LogP contribution in [0.5, 0.6) is 5.75 Å². The summed E-state index contributed by atoms with van der Waals surface area (Å²) in [6.45, 7) is 4.61. The van der Waals surface area contributed by atoms with E-state index >= 15 is 0 Å². The summed E-state index contributed by atoms with van der Waals surface area (Å²) in [5.74, 6) is -0.737. The van der Waals surface area contributed by atoms with Gasteiger partial charge in [0, 0.05) is 26.8 Å². The van der Waals surface area contributed by atoms with Crippen LogP contribution in [-0.4, -0.2) is 57.7 Å². The topological polar surface area (TPSA) is 97.4 Å². The van der Waals surface area contributed by atoms with E-state index in [4.69, 9.17) is 23.7 Å². The molecule has 0 fully saturated rings. The van der Waals surface area contributed by atoms with Crippen LogP contribution in [0.4, 0.5) is 0 Å². The van der Waals surface area contributed by atoms with Gasteiger partial charge in [0.05, 0.1) is 13.2 Å². The van der Waals surface area contributed by atoms with Crippen molar-refractivity contribution >= 4 is 43.4 Å². The zero-order valence-corrected chi connectivity index (χ0v) is 20.8. The molecule has 0 spiro atoms. The minimum absolute atomic E-state index is 0.0687. The minimum Gasteiger partial charge on any atom is -0.482 e. The zero-order valence-electron chi connectivity index (χ0n) is 19.9. The van der Waals surface area contributed by atoms with Gasteiger partial charge in [0.15, 0.2) is 12.0 Å². The Balaban J connectivity index is 1.45. The van der Waals surface area contributed by atoms with Crippen LogP contribution in [0.1, 0.15) is 26.7 Å². The molecular weight excluding hydrogens is 472 g/mol. The molecule has 1 heterocycles. The first-order chi connectivity index (χ1) is 17.0. The Morgan fingerprint density at radius 2 is 1.66 bits per heavy atom. The van der Waals surface area contributed by atoms with Gasteiger partial charge in [-0.2, -0.15) is 0 Å². The highest BCUT2D eigenvalue weighted by Gasteiger charge is 2.16. The van der Waals surface area contributed by atoms with E-state index in [0.29, 0.717) is 42.8 Å². The molecule has 0 aliphatic carbocycles. The Morgan fingerprint density at radius 3 is 2.46 bits per heavy atom. The summed E-state index contributed by atoms with van der Waals surface area (Å²) in [6, 6.07) is 12.6. The third-order valence-electron chi connectivity index (χ3n) is 5.03. The standard InChI is InChI=1S/C26H30O8S/c1-3-11-30-12-13-31-16-24(27)33-15-18(4-2)34-25(28)17-32-19-9-10-23-21(14-19)26(29)20-7-5-6-8-22(20)35-23/h5-10,14,18H,3-4,11-13,15-17H2,1-2H3. The van der Waals surface area contributed by atoms with Crippen LogP contribution >= 0.6 is 11.3 Å². The number of rotatable bonds is 14. The van der Waals surface area contributed by atoms with Gasteiger partial charge < -0.3 is 23.7 Å². The van der Waals surface area contributed by atoms with E-state index in [1.165, 1.54) is 11.3 Å². The number of esters is 2. The van der Waals surface area contributed by atoms with Gasteiger partial charge in [-0.3, -0.25) is 4.79 Å². The number of benzene rings is 2. The molecule has 35 heavy (non-hydrogen) atoms. The molecule has 9 heteroatoms. The maximum Gasteiger partial charge on any atom is 0.344 e. The summed E-state index contributed by atoms with van der Waals surface area (Å²) in [5, 5.41) is 1.19. The maximum absolute atomic E-state index is 12.8. The Morgan fingerprint density at radius 1 is 0.886 bits per heavy atom. The van der Waals surface area contributed by atoms with Crippen LogP contribution in [0.2, 0.25) is 0 Å². The van der Waals surface area contributed by atoms with Crippen molar-refractivity contribution in [3.8, 4) is 5.75 Å². The summed E-state index contributed by atoms with van der Waals surface area (Å²) >= 11 is 1.52. The van der Waals surface area contributed by atoms with Crippen molar-refractivity contribution in [2.45, 2.75) is 32.8 Å². The number of carbonyl (C=O) groups is 2. The van der Waals surface area contributed by atoms with E-state index in [-0.39, 0.29) is 25.2 Å². The fraction of sp³-hybridized carbons (Fsp3) is 0.423. The summed E-state index contributed by atoms with van der Waals surface area (Å²) in [4.78, 5) is 36.9. The van der Waals surface area contributed by atoms with E-state index in [1.54, 1.807) is 24.3 Å². The van der Waals surface area contributed by atoms with E-state index in [1.807, 2.05) is 32.0 Å². The molecule has 0 aliphatic rings. The van der Waals surface area contributed by atoms with Crippen molar-refractivity contribution in [3.05, 3.63) is 52.7 Å². The monoisotopic (exact) mass is 502 g/mol. The Hall–Kier alpha value is -3.01. The third kappa shape index (κ3) is 8.02. The molecule has 1 aromatic heterocycles. The lowest BCUT2D eigenvalue weighted by Crippen LogP contribution is -2.28. The number of ether oxygens (including phenoxy) is 5. The molecule has 0 saturated carbocycles. The molecule has 1 unspecified atom stereocenters. The molecule has 1 atom stereocenters. The predicted octanol–water partition coefficient (Wildman–Crippen LogP) is 4.10. The molecule has 0 bridgehead atoms. The van der Waals surface area contributed by atoms with Crippen LogP contribution in [-0.2, 0) is 28.5 Å². The Bertz CT molecular complexity index is 1190. The van der Waals surface area contributed by atoms with Gasteiger partial charge in [-0.1, -0.05) is 26.0 Å². The van der Waals surface area contributed by atoms with Gasteiger partial charge in [-0.05, 0) is 43.2 Å². The number of fused-ring (bicyclic) bond motifs is 2. The molecule has 3 rings (SSSR count). The molecular formula is C26H30O8S. The van der Waals surface area contributed by atoms with Crippen LogP contribution < -0.4 is 10.2 Å². The highest BCUT2D eigenvalue weighted by Crippen LogP contribution is 2.27. The van der Waals surface area contributed by atoms with Crippen molar-refractivity contribution in [2.24, 2.45) is 0 Å². The van der Waals surface area contributed by atoms with Crippen LogP contribution in [0.25, 0.3) is 20.2 Å². The van der Waals surface area contributed by atoms with Gasteiger partial charge in [-0.15, -0.1) is 11.3 Å². The molecule has 0 radical (unpaired) electrons. The van der Waals surface area contributed by atoms with Crippen molar-refractivity contribution in [2.75, 3.05) is 39.6 Å². The summed E-state index contributed by atoms with van der Waals surface area (Å²) in [5.41, 5.74) is -0.0762.